The van der Waals surface area contributed by atoms with Crippen LogP contribution in [0.2, 0.25) is 0 Å². The van der Waals surface area contributed by atoms with Crippen molar-refractivity contribution in [3.63, 3.8) is 0 Å². The smallest absolute Gasteiger partial charge is 0.0627 e. The fraction of sp³-hybridized carbons (Fsp3) is 0.571. The molecule has 2 N–H and O–H groups in total. The quantitative estimate of drug-likeness (QED) is 0.758. The molecule has 0 radical (unpaired) electrons. The summed E-state index contributed by atoms with van der Waals surface area (Å²) in [4.78, 5) is 2.17. The van der Waals surface area contributed by atoms with Gasteiger partial charge in [0.2, 0.25) is 0 Å². The molecule has 0 aromatic heterocycles. The lowest BCUT2D eigenvalue weighted by Crippen LogP contribution is -2.53. The number of nitrogens with zero attached hydrogens (tertiary/aromatic N) is 1. The fourth-order valence-corrected chi connectivity index (χ4v) is 1.89. The lowest BCUT2D eigenvalue weighted by Gasteiger charge is -2.34. The SMILES string of the molecule is CCCNC(C)(CO)CN(C)c1ccccc1. The number of hydrogen-bond donors (Lipinski definition) is 2. The molecular weight excluding hydrogens is 212 g/mol. The van der Waals surface area contributed by atoms with Crippen molar-refractivity contribution in [2.45, 2.75) is 25.8 Å². The molecule has 1 aromatic carbocycles. The topological polar surface area (TPSA) is 35.5 Å². The number of nitrogens with one attached hydrogen (secondary N) is 1. The first-order chi connectivity index (χ1) is 8.11. The summed E-state index contributed by atoms with van der Waals surface area (Å²) in [5.74, 6) is 0. The minimum Gasteiger partial charge on any atom is -0.394 e. The van der Waals surface area contributed by atoms with Crippen molar-refractivity contribution in [2.75, 3.05) is 31.6 Å². The van der Waals surface area contributed by atoms with Crippen molar-refractivity contribution >= 4 is 5.69 Å². The van der Waals surface area contributed by atoms with Gasteiger partial charge < -0.3 is 15.3 Å². The predicted molar refractivity (Wildman–Crippen MR) is 73.5 cm³/mol. The molecule has 0 aliphatic heterocycles. The number of rotatable bonds is 7. The van der Waals surface area contributed by atoms with E-state index in [0.717, 1.165) is 19.5 Å². The number of para-hydroxylation sites is 1. The number of benzene rings is 1. The monoisotopic (exact) mass is 236 g/mol. The first-order valence-corrected chi connectivity index (χ1v) is 6.23. The molecule has 96 valence electrons. The highest BCUT2D eigenvalue weighted by Crippen LogP contribution is 2.14. The molecule has 3 heteroatoms. The number of aliphatic hydroxyl groups excluding tert-OH is 1. The van der Waals surface area contributed by atoms with Crippen molar-refractivity contribution in [3.05, 3.63) is 30.3 Å². The molecule has 0 aliphatic carbocycles. The van der Waals surface area contributed by atoms with E-state index >= 15 is 0 Å². The Hall–Kier alpha value is -1.06. The van der Waals surface area contributed by atoms with Gasteiger partial charge in [-0.15, -0.1) is 0 Å². The van der Waals surface area contributed by atoms with Gasteiger partial charge >= 0.3 is 0 Å². The van der Waals surface area contributed by atoms with E-state index in [9.17, 15) is 5.11 Å². The van der Waals surface area contributed by atoms with Gasteiger partial charge in [0.1, 0.15) is 0 Å². The van der Waals surface area contributed by atoms with E-state index in [-0.39, 0.29) is 12.1 Å². The molecule has 0 heterocycles. The zero-order chi connectivity index (χ0) is 12.7. The molecule has 1 atom stereocenters. The molecule has 3 nitrogen and oxygen atoms in total. The Morgan fingerprint density at radius 2 is 1.94 bits per heavy atom. The average Bonchev–Trinajstić information content (AvgIpc) is 2.37. The van der Waals surface area contributed by atoms with Crippen LogP contribution in [0, 0.1) is 0 Å². The second kappa shape index (κ2) is 6.62. The van der Waals surface area contributed by atoms with Gasteiger partial charge in [0.05, 0.1) is 12.1 Å². The first kappa shape index (κ1) is 14.0. The highest BCUT2D eigenvalue weighted by molar-refractivity contribution is 5.45. The number of aliphatic hydroxyl groups is 1. The zero-order valence-electron chi connectivity index (χ0n) is 11.1. The second-order valence-corrected chi connectivity index (χ2v) is 4.84. The third-order valence-corrected chi connectivity index (χ3v) is 2.93. The zero-order valence-corrected chi connectivity index (χ0v) is 11.1. The molecule has 0 saturated carbocycles. The summed E-state index contributed by atoms with van der Waals surface area (Å²) in [6, 6.07) is 10.2. The van der Waals surface area contributed by atoms with Crippen molar-refractivity contribution in [1.29, 1.82) is 0 Å². The fourth-order valence-electron chi connectivity index (χ4n) is 1.89. The van der Waals surface area contributed by atoms with Gasteiger partial charge in [-0.2, -0.15) is 0 Å². The molecule has 0 saturated heterocycles. The summed E-state index contributed by atoms with van der Waals surface area (Å²) in [6.07, 6.45) is 1.07. The minimum atomic E-state index is -0.249. The van der Waals surface area contributed by atoms with Crippen molar-refractivity contribution in [3.8, 4) is 0 Å². The Kier molecular flexibility index (Phi) is 5.45. The van der Waals surface area contributed by atoms with E-state index in [1.165, 1.54) is 5.69 Å². The van der Waals surface area contributed by atoms with E-state index in [4.69, 9.17) is 0 Å². The van der Waals surface area contributed by atoms with Crippen LogP contribution in [-0.2, 0) is 0 Å². The van der Waals surface area contributed by atoms with Crippen LogP contribution in [0.25, 0.3) is 0 Å². The summed E-state index contributed by atoms with van der Waals surface area (Å²) >= 11 is 0. The third kappa shape index (κ3) is 4.36. The van der Waals surface area contributed by atoms with Gasteiger partial charge in [-0.25, -0.2) is 0 Å². The molecule has 1 aromatic rings. The van der Waals surface area contributed by atoms with Gasteiger partial charge in [-0.1, -0.05) is 25.1 Å². The molecule has 0 fully saturated rings. The predicted octanol–water partition coefficient (Wildman–Crippen LogP) is 1.87. The summed E-state index contributed by atoms with van der Waals surface area (Å²) in [5, 5.41) is 12.9. The summed E-state index contributed by atoms with van der Waals surface area (Å²) in [7, 11) is 2.05. The molecule has 0 spiro atoms. The Balaban J connectivity index is 2.61. The van der Waals surface area contributed by atoms with E-state index in [1.54, 1.807) is 0 Å². The minimum absolute atomic E-state index is 0.143. The van der Waals surface area contributed by atoms with E-state index in [2.05, 4.69) is 43.2 Å². The van der Waals surface area contributed by atoms with Crippen molar-refractivity contribution in [1.82, 2.24) is 5.32 Å². The normalized spacial score (nSPS) is 14.4. The Morgan fingerprint density at radius 3 is 2.47 bits per heavy atom. The molecule has 17 heavy (non-hydrogen) atoms. The molecule has 0 amide bonds. The van der Waals surface area contributed by atoms with Crippen LogP contribution in [0.1, 0.15) is 20.3 Å². The van der Waals surface area contributed by atoms with Crippen LogP contribution >= 0.6 is 0 Å². The van der Waals surface area contributed by atoms with Crippen LogP contribution in [0.15, 0.2) is 30.3 Å². The lowest BCUT2D eigenvalue weighted by molar-refractivity contribution is 0.179. The third-order valence-electron chi connectivity index (χ3n) is 2.93. The van der Waals surface area contributed by atoms with Crippen LogP contribution < -0.4 is 10.2 Å². The summed E-state index contributed by atoms with van der Waals surface area (Å²) in [6.45, 7) is 6.05. The Labute approximate surface area is 104 Å². The Bertz CT molecular complexity index is 315. The highest BCUT2D eigenvalue weighted by atomic mass is 16.3. The van der Waals surface area contributed by atoms with Crippen LogP contribution in [0.3, 0.4) is 0 Å². The number of hydrogen-bond acceptors (Lipinski definition) is 3. The van der Waals surface area contributed by atoms with E-state index < -0.39 is 0 Å². The molecule has 0 bridgehead atoms. The molecular formula is C14H24N2O. The van der Waals surface area contributed by atoms with Gasteiger partial charge in [-0.3, -0.25) is 0 Å². The van der Waals surface area contributed by atoms with Gasteiger partial charge in [0.25, 0.3) is 0 Å². The maximum absolute atomic E-state index is 9.52. The van der Waals surface area contributed by atoms with E-state index in [1.807, 2.05) is 18.2 Å². The van der Waals surface area contributed by atoms with Crippen molar-refractivity contribution < 1.29 is 5.11 Å². The van der Waals surface area contributed by atoms with E-state index in [0.29, 0.717) is 0 Å². The van der Waals surface area contributed by atoms with Crippen LogP contribution in [-0.4, -0.2) is 37.4 Å². The average molecular weight is 236 g/mol. The lowest BCUT2D eigenvalue weighted by atomic mass is 10.0. The van der Waals surface area contributed by atoms with Gasteiger partial charge in [-0.05, 0) is 32.0 Å². The molecule has 0 aliphatic rings. The van der Waals surface area contributed by atoms with Gasteiger partial charge in [0, 0.05) is 19.3 Å². The number of likely N-dealkylation sites (N-methyl/N-ethyl adjacent to an activating group) is 1. The largest absolute Gasteiger partial charge is 0.394 e. The summed E-state index contributed by atoms with van der Waals surface area (Å²) in [5.41, 5.74) is 0.922. The van der Waals surface area contributed by atoms with Crippen LogP contribution in [0.5, 0.6) is 0 Å². The highest BCUT2D eigenvalue weighted by Gasteiger charge is 2.24. The van der Waals surface area contributed by atoms with Crippen LogP contribution in [0.4, 0.5) is 5.69 Å². The standard InChI is InChI=1S/C14H24N2O/c1-4-10-15-14(2,12-17)11-16(3)13-8-6-5-7-9-13/h5-9,15,17H,4,10-12H2,1-3H3. The summed E-state index contributed by atoms with van der Waals surface area (Å²) < 4.78 is 0. The molecule has 1 unspecified atom stereocenters. The van der Waals surface area contributed by atoms with Gasteiger partial charge in [0.15, 0.2) is 0 Å². The number of anilines is 1. The maximum Gasteiger partial charge on any atom is 0.0627 e. The van der Waals surface area contributed by atoms with Crippen molar-refractivity contribution in [2.24, 2.45) is 0 Å². The molecule has 1 rings (SSSR count). The Morgan fingerprint density at radius 1 is 1.29 bits per heavy atom. The first-order valence-electron chi connectivity index (χ1n) is 6.23. The second-order valence-electron chi connectivity index (χ2n) is 4.84. The maximum atomic E-state index is 9.52.